The molecule has 0 aromatic heterocycles. The van der Waals surface area contributed by atoms with Crippen molar-refractivity contribution in [1.29, 1.82) is 0 Å². The molecule has 90 valence electrons. The highest BCUT2D eigenvalue weighted by molar-refractivity contribution is 5.23. The van der Waals surface area contributed by atoms with Crippen LogP contribution in [0.5, 0.6) is 0 Å². The number of methoxy groups -OCH3 is 1. The molecule has 0 aliphatic carbocycles. The summed E-state index contributed by atoms with van der Waals surface area (Å²) in [6, 6.07) is 9.11. The van der Waals surface area contributed by atoms with Gasteiger partial charge in [0.05, 0.1) is 6.61 Å². The van der Waals surface area contributed by atoms with E-state index in [9.17, 15) is 0 Å². The van der Waals surface area contributed by atoms with E-state index in [1.54, 1.807) is 7.11 Å². The Bertz CT molecular complexity index is 299. The third-order valence-corrected chi connectivity index (χ3v) is 2.62. The van der Waals surface area contributed by atoms with E-state index in [2.05, 4.69) is 43.4 Å². The summed E-state index contributed by atoms with van der Waals surface area (Å²) in [5.41, 5.74) is 2.70. The van der Waals surface area contributed by atoms with Gasteiger partial charge in [0.25, 0.3) is 0 Å². The standard InChI is InChI=1S/C14H23NO/c1-4-8-15-14(11-16-3)10-13-7-5-6-12(2)9-13/h5-7,9,14-15H,4,8,10-11H2,1-3H3. The molecule has 0 radical (unpaired) electrons. The molecule has 2 nitrogen and oxygen atoms in total. The number of rotatable bonds is 7. The maximum atomic E-state index is 5.24. The van der Waals surface area contributed by atoms with Crippen molar-refractivity contribution in [2.24, 2.45) is 0 Å². The van der Waals surface area contributed by atoms with Crippen LogP contribution >= 0.6 is 0 Å². The summed E-state index contributed by atoms with van der Waals surface area (Å²) in [4.78, 5) is 0. The monoisotopic (exact) mass is 221 g/mol. The molecule has 16 heavy (non-hydrogen) atoms. The minimum atomic E-state index is 0.423. The number of ether oxygens (including phenoxy) is 1. The number of hydrogen-bond acceptors (Lipinski definition) is 2. The molecular formula is C14H23NO. The molecular weight excluding hydrogens is 198 g/mol. The topological polar surface area (TPSA) is 21.3 Å². The van der Waals surface area contributed by atoms with Crippen molar-refractivity contribution in [3.05, 3.63) is 35.4 Å². The zero-order valence-corrected chi connectivity index (χ0v) is 10.6. The summed E-state index contributed by atoms with van der Waals surface area (Å²) >= 11 is 0. The van der Waals surface area contributed by atoms with Crippen LogP contribution in [0.3, 0.4) is 0 Å². The van der Waals surface area contributed by atoms with Crippen molar-refractivity contribution in [2.45, 2.75) is 32.7 Å². The molecule has 0 saturated heterocycles. The summed E-state index contributed by atoms with van der Waals surface area (Å²) in [7, 11) is 1.76. The summed E-state index contributed by atoms with van der Waals surface area (Å²) in [5, 5.41) is 3.51. The fourth-order valence-corrected chi connectivity index (χ4v) is 1.86. The lowest BCUT2D eigenvalue weighted by atomic mass is 10.0. The van der Waals surface area contributed by atoms with Gasteiger partial charge in [0.1, 0.15) is 0 Å². The predicted molar refractivity (Wildman–Crippen MR) is 68.8 cm³/mol. The molecule has 0 heterocycles. The lowest BCUT2D eigenvalue weighted by Gasteiger charge is -2.17. The molecule has 0 aliphatic heterocycles. The Morgan fingerprint density at radius 1 is 1.38 bits per heavy atom. The van der Waals surface area contributed by atoms with Gasteiger partial charge in [-0.1, -0.05) is 36.8 Å². The largest absolute Gasteiger partial charge is 0.383 e. The summed E-state index contributed by atoms with van der Waals surface area (Å²) in [5.74, 6) is 0. The highest BCUT2D eigenvalue weighted by atomic mass is 16.5. The average Bonchev–Trinajstić information content (AvgIpc) is 2.26. The molecule has 2 heteroatoms. The van der Waals surface area contributed by atoms with Gasteiger partial charge < -0.3 is 10.1 Å². The Hall–Kier alpha value is -0.860. The first-order valence-corrected chi connectivity index (χ1v) is 6.04. The number of aryl methyl sites for hydroxylation is 1. The molecule has 0 aliphatic rings. The zero-order valence-electron chi connectivity index (χ0n) is 10.6. The molecule has 1 rings (SSSR count). The molecule has 1 N–H and O–H groups in total. The van der Waals surface area contributed by atoms with Crippen LogP contribution in [0.25, 0.3) is 0 Å². The van der Waals surface area contributed by atoms with Crippen molar-refractivity contribution in [2.75, 3.05) is 20.3 Å². The fraction of sp³-hybridized carbons (Fsp3) is 0.571. The van der Waals surface area contributed by atoms with Crippen molar-refractivity contribution in [3.63, 3.8) is 0 Å². The number of benzene rings is 1. The van der Waals surface area contributed by atoms with Crippen molar-refractivity contribution in [3.8, 4) is 0 Å². The quantitative estimate of drug-likeness (QED) is 0.764. The maximum absolute atomic E-state index is 5.24. The Morgan fingerprint density at radius 3 is 2.81 bits per heavy atom. The smallest absolute Gasteiger partial charge is 0.0619 e. The fourth-order valence-electron chi connectivity index (χ4n) is 1.86. The van der Waals surface area contributed by atoms with Crippen LogP contribution in [-0.4, -0.2) is 26.3 Å². The first-order valence-electron chi connectivity index (χ1n) is 6.04. The first kappa shape index (κ1) is 13.2. The van der Waals surface area contributed by atoms with Crippen LogP contribution in [0.1, 0.15) is 24.5 Å². The van der Waals surface area contributed by atoms with Gasteiger partial charge in [-0.05, 0) is 31.9 Å². The molecule has 0 fully saturated rings. The van der Waals surface area contributed by atoms with Crippen LogP contribution < -0.4 is 5.32 Å². The van der Waals surface area contributed by atoms with E-state index >= 15 is 0 Å². The van der Waals surface area contributed by atoms with Crippen molar-refractivity contribution in [1.82, 2.24) is 5.32 Å². The molecule has 0 spiro atoms. The second-order valence-corrected chi connectivity index (χ2v) is 4.30. The van der Waals surface area contributed by atoms with Crippen LogP contribution in [-0.2, 0) is 11.2 Å². The summed E-state index contributed by atoms with van der Waals surface area (Å²) in [6.45, 7) is 6.14. The van der Waals surface area contributed by atoms with Gasteiger partial charge >= 0.3 is 0 Å². The minimum Gasteiger partial charge on any atom is -0.383 e. The minimum absolute atomic E-state index is 0.423. The van der Waals surface area contributed by atoms with E-state index in [1.807, 2.05) is 0 Å². The van der Waals surface area contributed by atoms with Gasteiger partial charge in [0.15, 0.2) is 0 Å². The van der Waals surface area contributed by atoms with Gasteiger partial charge in [-0.25, -0.2) is 0 Å². The molecule has 1 aromatic carbocycles. The lowest BCUT2D eigenvalue weighted by molar-refractivity contribution is 0.166. The highest BCUT2D eigenvalue weighted by Crippen LogP contribution is 2.07. The van der Waals surface area contributed by atoms with E-state index in [0.29, 0.717) is 6.04 Å². The Morgan fingerprint density at radius 2 is 2.19 bits per heavy atom. The van der Waals surface area contributed by atoms with E-state index in [0.717, 1.165) is 26.0 Å². The summed E-state index contributed by atoms with van der Waals surface area (Å²) < 4.78 is 5.24. The van der Waals surface area contributed by atoms with Gasteiger partial charge in [0, 0.05) is 13.2 Å². The van der Waals surface area contributed by atoms with Gasteiger partial charge in [-0.2, -0.15) is 0 Å². The lowest BCUT2D eigenvalue weighted by Crippen LogP contribution is -2.35. The van der Waals surface area contributed by atoms with Crippen molar-refractivity contribution >= 4 is 0 Å². The predicted octanol–water partition coefficient (Wildman–Crippen LogP) is 2.55. The molecule has 1 unspecified atom stereocenters. The van der Waals surface area contributed by atoms with Gasteiger partial charge in [-0.3, -0.25) is 0 Å². The molecule has 0 amide bonds. The third-order valence-electron chi connectivity index (χ3n) is 2.62. The maximum Gasteiger partial charge on any atom is 0.0619 e. The normalized spacial score (nSPS) is 12.7. The van der Waals surface area contributed by atoms with E-state index in [4.69, 9.17) is 4.74 Å². The van der Waals surface area contributed by atoms with E-state index in [-0.39, 0.29) is 0 Å². The highest BCUT2D eigenvalue weighted by Gasteiger charge is 2.08. The first-order chi connectivity index (χ1) is 7.76. The zero-order chi connectivity index (χ0) is 11.8. The van der Waals surface area contributed by atoms with Crippen molar-refractivity contribution < 1.29 is 4.74 Å². The van der Waals surface area contributed by atoms with Gasteiger partial charge in [0.2, 0.25) is 0 Å². The molecule has 1 aromatic rings. The molecule has 0 saturated carbocycles. The second kappa shape index (κ2) is 7.42. The van der Waals surface area contributed by atoms with Crippen LogP contribution in [0.15, 0.2) is 24.3 Å². The van der Waals surface area contributed by atoms with Crippen LogP contribution in [0.2, 0.25) is 0 Å². The van der Waals surface area contributed by atoms with E-state index < -0.39 is 0 Å². The SMILES string of the molecule is CCCNC(COC)Cc1cccc(C)c1. The number of nitrogens with one attached hydrogen (secondary N) is 1. The van der Waals surface area contributed by atoms with E-state index in [1.165, 1.54) is 11.1 Å². The third kappa shape index (κ3) is 4.77. The average molecular weight is 221 g/mol. The Labute approximate surface area is 99.0 Å². The van der Waals surface area contributed by atoms with Crippen LogP contribution in [0, 0.1) is 6.92 Å². The Balaban J connectivity index is 2.52. The molecule has 0 bridgehead atoms. The second-order valence-electron chi connectivity index (χ2n) is 4.30. The van der Waals surface area contributed by atoms with Crippen LogP contribution in [0.4, 0.5) is 0 Å². The number of hydrogen-bond donors (Lipinski definition) is 1. The summed E-state index contributed by atoms with van der Waals surface area (Å²) in [6.07, 6.45) is 2.20. The Kier molecular flexibility index (Phi) is 6.12. The van der Waals surface area contributed by atoms with Gasteiger partial charge in [-0.15, -0.1) is 0 Å². The molecule has 1 atom stereocenters.